The maximum atomic E-state index is 5.42. The molecule has 0 radical (unpaired) electrons. The van der Waals surface area contributed by atoms with Gasteiger partial charge < -0.3 is 15.6 Å². The van der Waals surface area contributed by atoms with E-state index in [2.05, 4.69) is 49.7 Å². The molecule has 2 aliphatic heterocycles. The number of aromatic amines is 1. The zero-order valence-electron chi connectivity index (χ0n) is 16.5. The van der Waals surface area contributed by atoms with E-state index in [4.69, 9.17) is 12.2 Å². The summed E-state index contributed by atoms with van der Waals surface area (Å²) in [6, 6.07) is 19.4. The monoisotopic (exact) mass is 405 g/mol. The van der Waals surface area contributed by atoms with Crippen molar-refractivity contribution in [1.82, 2.24) is 20.1 Å². The van der Waals surface area contributed by atoms with Gasteiger partial charge in [-0.3, -0.25) is 9.80 Å². The van der Waals surface area contributed by atoms with E-state index in [9.17, 15) is 0 Å². The van der Waals surface area contributed by atoms with E-state index in [1.54, 1.807) is 0 Å². The highest BCUT2D eigenvalue weighted by molar-refractivity contribution is 7.80. The van der Waals surface area contributed by atoms with Gasteiger partial charge in [-0.05, 0) is 42.4 Å². The molecule has 5 nitrogen and oxygen atoms in total. The largest absolute Gasteiger partial charge is 0.361 e. The first kappa shape index (κ1) is 18.6. The first-order valence-electron chi connectivity index (χ1n) is 10.4. The molecule has 5 rings (SSSR count). The van der Waals surface area contributed by atoms with Crippen LogP contribution in [-0.4, -0.2) is 58.7 Å². The molecule has 1 atom stereocenters. The summed E-state index contributed by atoms with van der Waals surface area (Å²) in [5.74, 6) is 0. The zero-order chi connectivity index (χ0) is 19.6. The highest BCUT2D eigenvalue weighted by Crippen LogP contribution is 2.31. The molecule has 2 aromatic carbocycles. The third-order valence-electron chi connectivity index (χ3n) is 6.14. The third kappa shape index (κ3) is 4.01. The van der Waals surface area contributed by atoms with Gasteiger partial charge in [-0.2, -0.15) is 0 Å². The molecule has 1 unspecified atom stereocenters. The van der Waals surface area contributed by atoms with E-state index in [0.29, 0.717) is 11.2 Å². The molecule has 1 saturated heterocycles. The fourth-order valence-electron chi connectivity index (χ4n) is 4.65. The summed E-state index contributed by atoms with van der Waals surface area (Å²) in [6.07, 6.45) is 1.14. The molecule has 3 heterocycles. The Morgan fingerprint density at radius 2 is 1.90 bits per heavy atom. The van der Waals surface area contributed by atoms with E-state index in [0.717, 1.165) is 51.4 Å². The number of benzene rings is 2. The average Bonchev–Trinajstić information content (AvgIpc) is 3.10. The van der Waals surface area contributed by atoms with E-state index in [1.807, 2.05) is 30.3 Å². The lowest BCUT2D eigenvalue weighted by Gasteiger charge is -2.44. The van der Waals surface area contributed by atoms with Crippen LogP contribution in [-0.2, 0) is 13.0 Å². The third-order valence-corrected chi connectivity index (χ3v) is 6.38. The lowest BCUT2D eigenvalue weighted by atomic mass is 9.95. The topological polar surface area (TPSA) is 46.3 Å². The second-order valence-electron chi connectivity index (χ2n) is 8.00. The Kier molecular flexibility index (Phi) is 5.23. The number of nitrogens with one attached hydrogen (secondary N) is 3. The number of fused-ring (bicyclic) bond motifs is 4. The van der Waals surface area contributed by atoms with Gasteiger partial charge in [0.25, 0.3) is 0 Å². The van der Waals surface area contributed by atoms with Gasteiger partial charge in [-0.1, -0.05) is 36.4 Å². The molecule has 29 heavy (non-hydrogen) atoms. The summed E-state index contributed by atoms with van der Waals surface area (Å²) in [5.41, 5.74) is 5.23. The van der Waals surface area contributed by atoms with E-state index >= 15 is 0 Å². The summed E-state index contributed by atoms with van der Waals surface area (Å²) in [6.45, 7) is 6.30. The van der Waals surface area contributed by atoms with Gasteiger partial charge in [0.2, 0.25) is 0 Å². The van der Waals surface area contributed by atoms with E-state index in [-0.39, 0.29) is 0 Å². The lowest BCUT2D eigenvalue weighted by molar-refractivity contribution is 0.0613. The van der Waals surface area contributed by atoms with Crippen molar-refractivity contribution in [2.75, 3.05) is 38.0 Å². The van der Waals surface area contributed by atoms with Gasteiger partial charge in [0.15, 0.2) is 5.11 Å². The molecule has 3 N–H and O–H groups in total. The number of anilines is 1. The highest BCUT2D eigenvalue weighted by atomic mass is 32.1. The van der Waals surface area contributed by atoms with Crippen molar-refractivity contribution in [2.24, 2.45) is 0 Å². The van der Waals surface area contributed by atoms with Gasteiger partial charge in [-0.25, -0.2) is 0 Å². The first-order chi connectivity index (χ1) is 14.3. The number of hydrogen-bond donors (Lipinski definition) is 3. The Labute approximate surface area is 177 Å². The SMILES string of the molecule is S=C(NCCN1CCN2Cc3[nH]c4ccccc4c3CC2C1)Nc1ccccc1. The van der Waals surface area contributed by atoms with Gasteiger partial charge in [-0.15, -0.1) is 0 Å². The summed E-state index contributed by atoms with van der Waals surface area (Å²) >= 11 is 5.42. The minimum absolute atomic E-state index is 0.602. The van der Waals surface area contributed by atoms with Crippen molar-refractivity contribution in [2.45, 2.75) is 19.0 Å². The summed E-state index contributed by atoms with van der Waals surface area (Å²) in [4.78, 5) is 8.85. The van der Waals surface area contributed by atoms with Gasteiger partial charge in [0.05, 0.1) is 0 Å². The van der Waals surface area contributed by atoms with Crippen molar-refractivity contribution in [3.63, 3.8) is 0 Å². The number of hydrogen-bond acceptors (Lipinski definition) is 3. The number of thiocarbonyl (C=S) groups is 1. The Hall–Kier alpha value is -2.41. The van der Waals surface area contributed by atoms with Crippen molar-refractivity contribution in [3.05, 3.63) is 65.9 Å². The summed E-state index contributed by atoms with van der Waals surface area (Å²) in [5, 5.41) is 8.68. The molecule has 6 heteroatoms. The lowest BCUT2D eigenvalue weighted by Crippen LogP contribution is -2.56. The average molecular weight is 406 g/mol. The fourth-order valence-corrected chi connectivity index (χ4v) is 4.87. The molecule has 0 saturated carbocycles. The van der Waals surface area contributed by atoms with Gasteiger partial charge in [0, 0.05) is 67.6 Å². The molecule has 0 amide bonds. The molecular weight excluding hydrogens is 378 g/mol. The van der Waals surface area contributed by atoms with Crippen molar-refractivity contribution >= 4 is 33.9 Å². The number of para-hydroxylation sites is 2. The number of rotatable bonds is 4. The van der Waals surface area contributed by atoms with Crippen LogP contribution in [0.4, 0.5) is 5.69 Å². The van der Waals surface area contributed by atoms with Crippen molar-refractivity contribution in [1.29, 1.82) is 0 Å². The maximum absolute atomic E-state index is 5.42. The van der Waals surface area contributed by atoms with E-state index < -0.39 is 0 Å². The van der Waals surface area contributed by atoms with E-state index in [1.165, 1.54) is 22.2 Å². The number of piperazine rings is 1. The number of H-pyrrole nitrogens is 1. The van der Waals surface area contributed by atoms with Crippen LogP contribution in [0.2, 0.25) is 0 Å². The highest BCUT2D eigenvalue weighted by Gasteiger charge is 2.32. The fraction of sp³-hybridized carbons (Fsp3) is 0.348. The molecule has 1 fully saturated rings. The predicted molar refractivity (Wildman–Crippen MR) is 123 cm³/mol. The minimum Gasteiger partial charge on any atom is -0.361 e. The van der Waals surface area contributed by atoms with Gasteiger partial charge in [0.1, 0.15) is 0 Å². The van der Waals surface area contributed by atoms with Crippen molar-refractivity contribution in [3.8, 4) is 0 Å². The minimum atomic E-state index is 0.602. The Morgan fingerprint density at radius 3 is 2.79 bits per heavy atom. The Balaban J connectivity index is 1.15. The molecule has 150 valence electrons. The van der Waals surface area contributed by atoms with Crippen LogP contribution >= 0.6 is 12.2 Å². The number of aromatic nitrogens is 1. The van der Waals surface area contributed by atoms with Crippen LogP contribution in [0.5, 0.6) is 0 Å². The molecule has 2 aliphatic rings. The molecule has 0 spiro atoms. The van der Waals surface area contributed by atoms with Crippen LogP contribution in [0.3, 0.4) is 0 Å². The zero-order valence-corrected chi connectivity index (χ0v) is 17.3. The Bertz CT molecular complexity index is 999. The summed E-state index contributed by atoms with van der Waals surface area (Å²) in [7, 11) is 0. The molecule has 0 aliphatic carbocycles. The molecule has 0 bridgehead atoms. The Morgan fingerprint density at radius 1 is 1.07 bits per heavy atom. The smallest absolute Gasteiger partial charge is 0.170 e. The standard InChI is InChI=1S/C23H27N5S/c29-23(25-17-6-2-1-3-7-17)24-10-11-27-12-13-28-16-22-20(14-18(28)15-27)19-8-4-5-9-21(19)26-22/h1-9,18,26H,10-16H2,(H2,24,25,29). The summed E-state index contributed by atoms with van der Waals surface area (Å²) < 4.78 is 0. The van der Waals surface area contributed by atoms with Crippen LogP contribution in [0.25, 0.3) is 10.9 Å². The van der Waals surface area contributed by atoms with Crippen LogP contribution in [0, 0.1) is 0 Å². The second kappa shape index (κ2) is 8.14. The quantitative estimate of drug-likeness (QED) is 0.582. The second-order valence-corrected chi connectivity index (χ2v) is 8.41. The van der Waals surface area contributed by atoms with Crippen LogP contribution < -0.4 is 10.6 Å². The van der Waals surface area contributed by atoms with Crippen molar-refractivity contribution < 1.29 is 0 Å². The predicted octanol–water partition coefficient (Wildman–Crippen LogP) is 3.20. The number of nitrogens with zero attached hydrogens (tertiary/aromatic N) is 2. The maximum Gasteiger partial charge on any atom is 0.170 e. The van der Waals surface area contributed by atoms with Crippen LogP contribution in [0.15, 0.2) is 54.6 Å². The molecular formula is C23H27N5S. The normalized spacial score (nSPS) is 19.5. The van der Waals surface area contributed by atoms with Gasteiger partial charge >= 0.3 is 0 Å². The molecule has 3 aromatic rings. The molecule has 1 aromatic heterocycles. The van der Waals surface area contributed by atoms with Crippen LogP contribution in [0.1, 0.15) is 11.3 Å². The first-order valence-corrected chi connectivity index (χ1v) is 10.8.